The van der Waals surface area contributed by atoms with Crippen LogP contribution in [0.5, 0.6) is 0 Å². The molecule has 3 nitrogen and oxygen atoms in total. The van der Waals surface area contributed by atoms with Gasteiger partial charge in [0.05, 0.1) is 11.5 Å². The Labute approximate surface area is 87.2 Å². The van der Waals surface area contributed by atoms with E-state index in [4.69, 9.17) is 0 Å². The van der Waals surface area contributed by atoms with E-state index in [9.17, 15) is 8.42 Å². The summed E-state index contributed by atoms with van der Waals surface area (Å²) < 4.78 is 22.4. The minimum absolute atomic E-state index is 0.184. The van der Waals surface area contributed by atoms with Gasteiger partial charge in [-0.2, -0.15) is 0 Å². The molecule has 0 radical (unpaired) electrons. The van der Waals surface area contributed by atoms with Crippen molar-refractivity contribution in [1.82, 2.24) is 5.32 Å². The number of hydrogen-bond donors (Lipinski definition) is 1. The summed E-state index contributed by atoms with van der Waals surface area (Å²) in [5.74, 6) is 1.30. The van der Waals surface area contributed by atoms with E-state index in [1.807, 2.05) is 0 Å². The van der Waals surface area contributed by atoms with Crippen LogP contribution in [0.1, 0.15) is 33.6 Å². The molecule has 3 atom stereocenters. The maximum atomic E-state index is 11.2. The highest BCUT2D eigenvalue weighted by atomic mass is 32.2. The van der Waals surface area contributed by atoms with E-state index in [1.165, 1.54) is 0 Å². The smallest absolute Gasteiger partial charge is 0.151 e. The fourth-order valence-corrected chi connectivity index (χ4v) is 3.50. The van der Waals surface area contributed by atoms with Gasteiger partial charge in [0.1, 0.15) is 0 Å². The molecule has 0 bridgehead atoms. The summed E-state index contributed by atoms with van der Waals surface area (Å²) in [6.07, 6.45) is 1.91. The van der Waals surface area contributed by atoms with Crippen LogP contribution in [0, 0.1) is 5.92 Å². The van der Waals surface area contributed by atoms with Crippen LogP contribution in [-0.2, 0) is 9.84 Å². The van der Waals surface area contributed by atoms with E-state index in [0.29, 0.717) is 23.5 Å². The third kappa shape index (κ3) is 3.24. The second-order valence-corrected chi connectivity index (χ2v) is 6.67. The van der Waals surface area contributed by atoms with Gasteiger partial charge >= 0.3 is 0 Å². The van der Waals surface area contributed by atoms with Crippen LogP contribution >= 0.6 is 0 Å². The molecule has 0 spiro atoms. The predicted molar refractivity (Wildman–Crippen MR) is 59.1 cm³/mol. The lowest BCUT2D eigenvalue weighted by atomic mass is 10.00. The minimum Gasteiger partial charge on any atom is -0.310 e. The Kier molecular flexibility index (Phi) is 3.95. The number of hydrogen-bond acceptors (Lipinski definition) is 3. The van der Waals surface area contributed by atoms with Crippen molar-refractivity contribution in [3.63, 3.8) is 0 Å². The second-order valence-electron chi connectivity index (χ2n) is 4.44. The Morgan fingerprint density at radius 1 is 1.43 bits per heavy atom. The van der Waals surface area contributed by atoms with Gasteiger partial charge in [-0.3, -0.25) is 0 Å². The van der Waals surface area contributed by atoms with Crippen LogP contribution in [0.2, 0.25) is 0 Å². The first kappa shape index (κ1) is 12.0. The first-order valence-corrected chi connectivity index (χ1v) is 7.23. The molecule has 4 heteroatoms. The highest BCUT2D eigenvalue weighted by Gasteiger charge is 2.29. The fourth-order valence-electron chi connectivity index (χ4n) is 1.82. The van der Waals surface area contributed by atoms with Gasteiger partial charge in [-0.05, 0) is 19.3 Å². The number of nitrogens with one attached hydrogen (secondary N) is 1. The standard InChI is InChI=1S/C10H21NO2S/c1-4-8(2)9(3)11-10-5-6-14(12,13)7-10/h8-11H,4-7H2,1-3H3/t8-,9+,10+/m0/s1. The summed E-state index contributed by atoms with van der Waals surface area (Å²) in [6, 6.07) is 0.599. The van der Waals surface area contributed by atoms with Gasteiger partial charge in [0.15, 0.2) is 9.84 Å². The zero-order chi connectivity index (χ0) is 10.8. The summed E-state index contributed by atoms with van der Waals surface area (Å²) in [5.41, 5.74) is 0. The van der Waals surface area contributed by atoms with Crippen molar-refractivity contribution < 1.29 is 8.42 Å². The van der Waals surface area contributed by atoms with Crippen LogP contribution in [0.4, 0.5) is 0 Å². The van der Waals surface area contributed by atoms with Gasteiger partial charge in [-0.15, -0.1) is 0 Å². The Hall–Kier alpha value is -0.0900. The van der Waals surface area contributed by atoms with Crippen molar-refractivity contribution >= 4 is 9.84 Å². The van der Waals surface area contributed by atoms with E-state index in [0.717, 1.165) is 12.8 Å². The highest BCUT2D eigenvalue weighted by Crippen LogP contribution is 2.14. The van der Waals surface area contributed by atoms with Crippen LogP contribution in [-0.4, -0.2) is 32.0 Å². The normalized spacial score (nSPS) is 30.1. The molecule has 1 N–H and O–H groups in total. The van der Waals surface area contributed by atoms with Gasteiger partial charge in [0.25, 0.3) is 0 Å². The summed E-state index contributed by atoms with van der Waals surface area (Å²) in [4.78, 5) is 0. The quantitative estimate of drug-likeness (QED) is 0.773. The topological polar surface area (TPSA) is 46.2 Å². The zero-order valence-corrected chi connectivity index (χ0v) is 10.1. The van der Waals surface area contributed by atoms with Crippen molar-refractivity contribution in [2.75, 3.05) is 11.5 Å². The van der Waals surface area contributed by atoms with Crippen molar-refractivity contribution in [1.29, 1.82) is 0 Å². The summed E-state index contributed by atoms with van der Waals surface area (Å²) in [7, 11) is -2.74. The second kappa shape index (κ2) is 4.62. The van der Waals surface area contributed by atoms with Crippen molar-refractivity contribution in [3.05, 3.63) is 0 Å². The zero-order valence-electron chi connectivity index (χ0n) is 9.29. The lowest BCUT2D eigenvalue weighted by Gasteiger charge is -2.23. The molecule has 1 aliphatic rings. The van der Waals surface area contributed by atoms with Gasteiger partial charge in [-0.1, -0.05) is 20.3 Å². The van der Waals surface area contributed by atoms with Gasteiger partial charge in [0, 0.05) is 12.1 Å². The first-order chi connectivity index (χ1) is 6.44. The molecule has 1 heterocycles. The van der Waals surface area contributed by atoms with Gasteiger partial charge < -0.3 is 5.32 Å². The van der Waals surface area contributed by atoms with E-state index >= 15 is 0 Å². The summed E-state index contributed by atoms with van der Waals surface area (Å²) >= 11 is 0. The third-order valence-corrected chi connectivity index (χ3v) is 5.00. The maximum absolute atomic E-state index is 11.2. The predicted octanol–water partition coefficient (Wildman–Crippen LogP) is 1.20. The molecular formula is C10H21NO2S. The van der Waals surface area contributed by atoms with Gasteiger partial charge in [-0.25, -0.2) is 8.42 Å². The Morgan fingerprint density at radius 2 is 2.07 bits per heavy atom. The SMILES string of the molecule is CC[C@H](C)[C@@H](C)N[C@@H]1CCS(=O)(=O)C1. The van der Waals surface area contributed by atoms with Crippen molar-refractivity contribution in [3.8, 4) is 0 Å². The van der Waals surface area contributed by atoms with E-state index in [-0.39, 0.29) is 6.04 Å². The average Bonchev–Trinajstić information content (AvgIpc) is 2.44. The Morgan fingerprint density at radius 3 is 2.50 bits per heavy atom. The lowest BCUT2D eigenvalue weighted by molar-refractivity contribution is 0.359. The molecule has 1 fully saturated rings. The monoisotopic (exact) mass is 219 g/mol. The molecular weight excluding hydrogens is 198 g/mol. The molecule has 0 aliphatic carbocycles. The Bertz CT molecular complexity index is 274. The Balaban J connectivity index is 2.39. The number of rotatable bonds is 4. The third-order valence-electron chi connectivity index (χ3n) is 3.23. The minimum atomic E-state index is -2.74. The van der Waals surface area contributed by atoms with Crippen LogP contribution < -0.4 is 5.32 Å². The van der Waals surface area contributed by atoms with Crippen LogP contribution in [0.15, 0.2) is 0 Å². The van der Waals surface area contributed by atoms with Gasteiger partial charge in [0.2, 0.25) is 0 Å². The first-order valence-electron chi connectivity index (χ1n) is 5.41. The van der Waals surface area contributed by atoms with E-state index in [2.05, 4.69) is 26.1 Å². The molecule has 0 aromatic heterocycles. The maximum Gasteiger partial charge on any atom is 0.151 e. The molecule has 0 aromatic carbocycles. The molecule has 1 saturated heterocycles. The fraction of sp³-hybridized carbons (Fsp3) is 1.00. The van der Waals surface area contributed by atoms with Crippen molar-refractivity contribution in [2.45, 2.75) is 45.7 Å². The van der Waals surface area contributed by atoms with E-state index in [1.54, 1.807) is 0 Å². The largest absolute Gasteiger partial charge is 0.310 e. The lowest BCUT2D eigenvalue weighted by Crippen LogP contribution is -2.40. The molecule has 0 amide bonds. The molecule has 84 valence electrons. The molecule has 1 aliphatic heterocycles. The molecule has 0 unspecified atom stereocenters. The molecule has 1 rings (SSSR count). The van der Waals surface area contributed by atoms with Crippen LogP contribution in [0.3, 0.4) is 0 Å². The number of sulfone groups is 1. The summed E-state index contributed by atoms with van der Waals surface area (Å²) in [6.45, 7) is 6.49. The average molecular weight is 219 g/mol. The highest BCUT2D eigenvalue weighted by molar-refractivity contribution is 7.91. The molecule has 0 aromatic rings. The molecule has 0 saturated carbocycles. The van der Waals surface area contributed by atoms with Crippen molar-refractivity contribution in [2.24, 2.45) is 5.92 Å². The summed E-state index contributed by atoms with van der Waals surface area (Å²) in [5, 5.41) is 3.41. The molecule has 14 heavy (non-hydrogen) atoms. The van der Waals surface area contributed by atoms with E-state index < -0.39 is 9.84 Å². The van der Waals surface area contributed by atoms with Crippen LogP contribution in [0.25, 0.3) is 0 Å².